The first-order valence-electron chi connectivity index (χ1n) is 8.52. The minimum Gasteiger partial charge on any atom is -0.323 e. The highest BCUT2D eigenvalue weighted by molar-refractivity contribution is 5.97. The second-order valence-electron chi connectivity index (χ2n) is 6.49. The number of H-pyrrole nitrogens is 1. The fourth-order valence-electron chi connectivity index (χ4n) is 2.94. The maximum Gasteiger partial charge on any atom is 0.227 e. The van der Waals surface area contributed by atoms with E-state index in [4.69, 9.17) is 0 Å². The number of rotatable bonds is 4. The smallest absolute Gasteiger partial charge is 0.227 e. The number of benzene rings is 2. The van der Waals surface area contributed by atoms with E-state index in [9.17, 15) is 13.6 Å². The average Bonchev–Trinajstić information content (AvgIpc) is 2.95. The summed E-state index contributed by atoms with van der Waals surface area (Å²) >= 11 is 0. The number of halogens is 2. The zero-order chi connectivity index (χ0) is 18.1. The molecule has 1 amide bonds. The largest absolute Gasteiger partial charge is 0.323 e. The van der Waals surface area contributed by atoms with Gasteiger partial charge in [-0.2, -0.15) is 5.10 Å². The zero-order valence-corrected chi connectivity index (χ0v) is 13.9. The van der Waals surface area contributed by atoms with Crippen molar-refractivity contribution in [2.75, 3.05) is 5.32 Å². The lowest BCUT2D eigenvalue weighted by Gasteiger charge is -2.24. The highest BCUT2D eigenvalue weighted by Crippen LogP contribution is 2.30. The van der Waals surface area contributed by atoms with Crippen molar-refractivity contribution in [1.82, 2.24) is 10.2 Å². The molecule has 0 spiro atoms. The molecular formula is C20H17F2N3O. The molecule has 1 fully saturated rings. The van der Waals surface area contributed by atoms with Gasteiger partial charge in [0.05, 0.1) is 16.9 Å². The second kappa shape index (κ2) is 6.71. The van der Waals surface area contributed by atoms with Crippen LogP contribution in [0, 0.1) is 17.6 Å². The van der Waals surface area contributed by atoms with E-state index in [1.165, 1.54) is 18.2 Å². The number of aromatic nitrogens is 2. The fourth-order valence-corrected chi connectivity index (χ4v) is 2.94. The lowest BCUT2D eigenvalue weighted by atomic mass is 9.85. The molecule has 0 unspecified atom stereocenters. The molecule has 3 aromatic rings. The van der Waals surface area contributed by atoms with Gasteiger partial charge in [0.1, 0.15) is 11.6 Å². The molecule has 6 heteroatoms. The average molecular weight is 353 g/mol. The van der Waals surface area contributed by atoms with Crippen molar-refractivity contribution in [3.63, 3.8) is 0 Å². The van der Waals surface area contributed by atoms with Crippen LogP contribution in [0.15, 0.2) is 36.4 Å². The van der Waals surface area contributed by atoms with Crippen LogP contribution in [0.25, 0.3) is 23.1 Å². The Morgan fingerprint density at radius 3 is 2.62 bits per heavy atom. The van der Waals surface area contributed by atoms with E-state index < -0.39 is 5.82 Å². The van der Waals surface area contributed by atoms with Crippen molar-refractivity contribution in [2.24, 2.45) is 5.92 Å². The Labute approximate surface area is 148 Å². The molecule has 1 aromatic heterocycles. The molecule has 2 N–H and O–H groups in total. The van der Waals surface area contributed by atoms with Gasteiger partial charge in [-0.05, 0) is 42.7 Å². The topological polar surface area (TPSA) is 57.8 Å². The SMILES string of the molecule is O=C(Nc1cc2c(/C=C/c3ccc(F)cc3)n[nH]c2cc1F)C1CCC1. The summed E-state index contributed by atoms with van der Waals surface area (Å²) in [6.45, 7) is 0. The number of amides is 1. The summed E-state index contributed by atoms with van der Waals surface area (Å²) in [6, 6.07) is 9.00. The monoisotopic (exact) mass is 353 g/mol. The third kappa shape index (κ3) is 3.22. The van der Waals surface area contributed by atoms with E-state index in [1.54, 1.807) is 30.4 Å². The number of carbonyl (C=O) groups is 1. The van der Waals surface area contributed by atoms with Crippen LogP contribution in [-0.2, 0) is 4.79 Å². The maximum absolute atomic E-state index is 14.2. The van der Waals surface area contributed by atoms with Crippen LogP contribution in [0.2, 0.25) is 0 Å². The highest BCUT2D eigenvalue weighted by atomic mass is 19.1. The van der Waals surface area contributed by atoms with Crippen LogP contribution in [0.3, 0.4) is 0 Å². The normalized spacial score (nSPS) is 14.7. The van der Waals surface area contributed by atoms with Gasteiger partial charge in [0.2, 0.25) is 5.91 Å². The van der Waals surface area contributed by atoms with Gasteiger partial charge in [0, 0.05) is 17.4 Å². The number of hydrogen-bond donors (Lipinski definition) is 2. The molecule has 132 valence electrons. The molecule has 0 atom stereocenters. The molecule has 1 heterocycles. The molecule has 4 nitrogen and oxygen atoms in total. The minimum atomic E-state index is -0.497. The van der Waals surface area contributed by atoms with E-state index >= 15 is 0 Å². The standard InChI is InChI=1S/C20H17F2N3O/c21-14-7-4-12(5-8-14)6-9-17-15-10-19(16(22)11-18(15)25-24-17)23-20(26)13-2-1-3-13/h4-11,13H,1-3H2,(H,23,26)(H,24,25)/b9-6+. The number of carbonyl (C=O) groups excluding carboxylic acids is 1. The first kappa shape index (κ1) is 16.4. The van der Waals surface area contributed by atoms with Crippen LogP contribution in [-0.4, -0.2) is 16.1 Å². The molecule has 1 aliphatic carbocycles. The van der Waals surface area contributed by atoms with Crippen LogP contribution >= 0.6 is 0 Å². The first-order valence-corrected chi connectivity index (χ1v) is 8.52. The molecule has 1 saturated carbocycles. The van der Waals surface area contributed by atoms with E-state index in [0.717, 1.165) is 24.8 Å². The van der Waals surface area contributed by atoms with E-state index in [1.807, 2.05) is 0 Å². The predicted molar refractivity (Wildman–Crippen MR) is 97.4 cm³/mol. The molecule has 0 aliphatic heterocycles. The number of fused-ring (bicyclic) bond motifs is 1. The minimum absolute atomic E-state index is 0.0210. The Balaban J connectivity index is 1.62. The Morgan fingerprint density at radius 2 is 1.92 bits per heavy atom. The summed E-state index contributed by atoms with van der Waals surface area (Å²) in [7, 11) is 0. The summed E-state index contributed by atoms with van der Waals surface area (Å²) in [5.41, 5.74) is 2.14. The van der Waals surface area contributed by atoms with Crippen LogP contribution < -0.4 is 5.32 Å². The molecule has 0 radical (unpaired) electrons. The van der Waals surface area contributed by atoms with E-state index in [2.05, 4.69) is 15.5 Å². The molecule has 2 aromatic carbocycles. The van der Waals surface area contributed by atoms with E-state index in [-0.39, 0.29) is 23.3 Å². The summed E-state index contributed by atoms with van der Waals surface area (Å²) in [5.74, 6) is -0.953. The zero-order valence-electron chi connectivity index (χ0n) is 13.9. The van der Waals surface area contributed by atoms with Crippen molar-refractivity contribution >= 4 is 34.6 Å². The summed E-state index contributed by atoms with van der Waals surface area (Å²) in [5, 5.41) is 10.4. The van der Waals surface area contributed by atoms with Crippen molar-refractivity contribution in [3.8, 4) is 0 Å². The third-order valence-corrected chi connectivity index (χ3v) is 4.72. The van der Waals surface area contributed by atoms with E-state index in [0.29, 0.717) is 16.6 Å². The molecule has 4 rings (SSSR count). The van der Waals surface area contributed by atoms with Gasteiger partial charge in [-0.1, -0.05) is 24.6 Å². The van der Waals surface area contributed by atoms with Crippen molar-refractivity contribution in [3.05, 3.63) is 59.3 Å². The number of anilines is 1. The quantitative estimate of drug-likeness (QED) is 0.711. The molecule has 1 aliphatic rings. The lowest BCUT2D eigenvalue weighted by Crippen LogP contribution is -2.28. The Morgan fingerprint density at radius 1 is 1.15 bits per heavy atom. The Kier molecular flexibility index (Phi) is 4.24. The fraction of sp³-hybridized carbons (Fsp3) is 0.200. The van der Waals surface area contributed by atoms with Gasteiger partial charge < -0.3 is 5.32 Å². The van der Waals surface area contributed by atoms with Crippen LogP contribution in [0.1, 0.15) is 30.5 Å². The van der Waals surface area contributed by atoms with Gasteiger partial charge in [-0.3, -0.25) is 9.89 Å². The van der Waals surface area contributed by atoms with Gasteiger partial charge in [0.15, 0.2) is 0 Å². The number of nitrogens with zero attached hydrogens (tertiary/aromatic N) is 1. The molecule has 26 heavy (non-hydrogen) atoms. The van der Waals surface area contributed by atoms with Gasteiger partial charge >= 0.3 is 0 Å². The molecule has 0 saturated heterocycles. The molecule has 0 bridgehead atoms. The maximum atomic E-state index is 14.2. The number of nitrogens with one attached hydrogen (secondary N) is 2. The summed E-state index contributed by atoms with van der Waals surface area (Å²) in [4.78, 5) is 12.1. The third-order valence-electron chi connectivity index (χ3n) is 4.72. The van der Waals surface area contributed by atoms with Crippen molar-refractivity contribution < 1.29 is 13.6 Å². The van der Waals surface area contributed by atoms with Crippen molar-refractivity contribution in [1.29, 1.82) is 0 Å². The van der Waals surface area contributed by atoms with Crippen LogP contribution in [0.5, 0.6) is 0 Å². The van der Waals surface area contributed by atoms with Gasteiger partial charge in [0.25, 0.3) is 0 Å². The van der Waals surface area contributed by atoms with Crippen LogP contribution in [0.4, 0.5) is 14.5 Å². The first-order chi connectivity index (χ1) is 12.6. The number of hydrogen-bond acceptors (Lipinski definition) is 2. The van der Waals surface area contributed by atoms with Gasteiger partial charge in [-0.15, -0.1) is 0 Å². The van der Waals surface area contributed by atoms with Crippen molar-refractivity contribution in [2.45, 2.75) is 19.3 Å². The number of aromatic amines is 1. The second-order valence-corrected chi connectivity index (χ2v) is 6.49. The van der Waals surface area contributed by atoms with Gasteiger partial charge in [-0.25, -0.2) is 8.78 Å². The highest BCUT2D eigenvalue weighted by Gasteiger charge is 2.26. The molecular weight excluding hydrogens is 336 g/mol. The summed E-state index contributed by atoms with van der Waals surface area (Å²) in [6.07, 6.45) is 6.31. The lowest BCUT2D eigenvalue weighted by molar-refractivity contribution is -0.122. The summed E-state index contributed by atoms with van der Waals surface area (Å²) < 4.78 is 27.2. The Bertz CT molecular complexity index is 988. The predicted octanol–water partition coefficient (Wildman–Crippen LogP) is 4.75. The Hall–Kier alpha value is -3.02.